The lowest BCUT2D eigenvalue weighted by Crippen LogP contribution is -2.44. The molecular formula is C17H20N6O2. The highest BCUT2D eigenvalue weighted by atomic mass is 16.5. The third-order valence-corrected chi connectivity index (χ3v) is 4.40. The summed E-state index contributed by atoms with van der Waals surface area (Å²) < 4.78 is 9.50. The molecule has 0 aromatic carbocycles. The Balaban J connectivity index is 1.39. The van der Waals surface area contributed by atoms with E-state index in [4.69, 9.17) is 4.74 Å². The van der Waals surface area contributed by atoms with Crippen molar-refractivity contribution in [3.8, 4) is 5.75 Å². The van der Waals surface area contributed by atoms with E-state index in [1.54, 1.807) is 17.1 Å². The van der Waals surface area contributed by atoms with Crippen molar-refractivity contribution in [2.24, 2.45) is 7.05 Å². The molecule has 2 amide bonds. The van der Waals surface area contributed by atoms with Crippen molar-refractivity contribution in [3.05, 3.63) is 43.0 Å². The van der Waals surface area contributed by atoms with E-state index in [-0.39, 0.29) is 18.2 Å². The van der Waals surface area contributed by atoms with Crippen LogP contribution >= 0.6 is 0 Å². The minimum Gasteiger partial charge on any atom is -0.485 e. The largest absolute Gasteiger partial charge is 0.485 e. The van der Waals surface area contributed by atoms with Gasteiger partial charge in [-0.1, -0.05) is 6.07 Å². The minimum atomic E-state index is -0.252. The number of anilines is 1. The van der Waals surface area contributed by atoms with E-state index in [0.29, 0.717) is 5.82 Å². The number of fused-ring (bicyclic) bond motifs is 1. The van der Waals surface area contributed by atoms with Crippen LogP contribution in [0, 0.1) is 0 Å². The van der Waals surface area contributed by atoms with Crippen molar-refractivity contribution in [2.75, 3.05) is 5.32 Å². The molecule has 1 aliphatic carbocycles. The number of imidazole rings is 1. The predicted molar refractivity (Wildman–Crippen MR) is 92.6 cm³/mol. The number of urea groups is 1. The van der Waals surface area contributed by atoms with Crippen LogP contribution in [0.1, 0.15) is 19.3 Å². The number of carbonyl (C=O) groups is 1. The molecule has 8 nitrogen and oxygen atoms in total. The van der Waals surface area contributed by atoms with E-state index in [0.717, 1.165) is 30.7 Å². The van der Waals surface area contributed by atoms with Gasteiger partial charge in [-0.15, -0.1) is 0 Å². The van der Waals surface area contributed by atoms with Gasteiger partial charge in [0.05, 0.1) is 24.6 Å². The van der Waals surface area contributed by atoms with E-state index in [1.807, 2.05) is 42.0 Å². The first-order chi connectivity index (χ1) is 12.2. The van der Waals surface area contributed by atoms with Crippen molar-refractivity contribution in [1.29, 1.82) is 0 Å². The van der Waals surface area contributed by atoms with Gasteiger partial charge in [-0.3, -0.25) is 14.4 Å². The average Bonchev–Trinajstić information content (AvgIpc) is 3.31. The van der Waals surface area contributed by atoms with Crippen molar-refractivity contribution in [1.82, 2.24) is 24.5 Å². The molecule has 0 aliphatic heterocycles. The summed E-state index contributed by atoms with van der Waals surface area (Å²) in [7, 11) is 1.85. The van der Waals surface area contributed by atoms with Crippen LogP contribution in [0.3, 0.4) is 0 Å². The fraction of sp³-hybridized carbons (Fsp3) is 0.353. The average molecular weight is 340 g/mol. The molecule has 2 N–H and O–H groups in total. The zero-order chi connectivity index (χ0) is 17.2. The maximum absolute atomic E-state index is 12.4. The zero-order valence-electron chi connectivity index (χ0n) is 13.9. The molecule has 0 unspecified atom stereocenters. The van der Waals surface area contributed by atoms with Crippen LogP contribution in [0.15, 0.2) is 43.0 Å². The summed E-state index contributed by atoms with van der Waals surface area (Å²) in [5.74, 6) is 1.36. The number of nitrogens with one attached hydrogen (secondary N) is 2. The predicted octanol–water partition coefficient (Wildman–Crippen LogP) is 2.19. The molecule has 0 saturated heterocycles. The van der Waals surface area contributed by atoms with Gasteiger partial charge in [-0.25, -0.2) is 9.78 Å². The highest BCUT2D eigenvalue weighted by Crippen LogP contribution is 2.24. The maximum atomic E-state index is 12.4. The van der Waals surface area contributed by atoms with Gasteiger partial charge in [0.25, 0.3) is 0 Å². The monoisotopic (exact) mass is 340 g/mol. The third-order valence-electron chi connectivity index (χ3n) is 4.40. The van der Waals surface area contributed by atoms with Crippen LogP contribution in [-0.4, -0.2) is 37.3 Å². The first kappa shape index (κ1) is 15.5. The second kappa shape index (κ2) is 6.46. The molecule has 1 saturated carbocycles. The molecule has 8 heteroatoms. The number of hydrogen-bond acceptors (Lipinski definition) is 4. The smallest absolute Gasteiger partial charge is 0.320 e. The fourth-order valence-corrected chi connectivity index (χ4v) is 3.21. The lowest BCUT2D eigenvalue weighted by Gasteiger charge is -2.21. The lowest BCUT2D eigenvalue weighted by atomic mass is 10.2. The summed E-state index contributed by atoms with van der Waals surface area (Å²) >= 11 is 0. The van der Waals surface area contributed by atoms with Gasteiger partial charge in [0.15, 0.2) is 5.75 Å². The van der Waals surface area contributed by atoms with Gasteiger partial charge in [-0.2, -0.15) is 5.10 Å². The van der Waals surface area contributed by atoms with E-state index in [2.05, 4.69) is 20.7 Å². The number of ether oxygens (including phenoxy) is 1. The van der Waals surface area contributed by atoms with Gasteiger partial charge in [0.2, 0.25) is 0 Å². The number of aromatic nitrogens is 4. The summed E-state index contributed by atoms with van der Waals surface area (Å²) in [6.07, 6.45) is 9.81. The van der Waals surface area contributed by atoms with Crippen molar-refractivity contribution in [2.45, 2.75) is 31.4 Å². The number of pyridine rings is 1. The molecule has 1 aliphatic rings. The van der Waals surface area contributed by atoms with E-state index < -0.39 is 0 Å². The maximum Gasteiger partial charge on any atom is 0.320 e. The Labute approximate surface area is 144 Å². The molecule has 130 valence electrons. The highest BCUT2D eigenvalue weighted by molar-refractivity contribution is 5.89. The van der Waals surface area contributed by atoms with Crippen LogP contribution in [0.25, 0.3) is 5.65 Å². The summed E-state index contributed by atoms with van der Waals surface area (Å²) in [6.45, 7) is 0. The second-order valence-corrected chi connectivity index (χ2v) is 6.21. The Kier molecular flexibility index (Phi) is 4.01. The Morgan fingerprint density at radius 2 is 2.24 bits per heavy atom. The van der Waals surface area contributed by atoms with Crippen LogP contribution in [0.2, 0.25) is 0 Å². The van der Waals surface area contributed by atoms with E-state index >= 15 is 0 Å². The van der Waals surface area contributed by atoms with Crippen LogP contribution in [0.5, 0.6) is 5.75 Å². The van der Waals surface area contributed by atoms with Crippen LogP contribution in [-0.2, 0) is 7.05 Å². The number of amides is 2. The number of nitrogens with zero attached hydrogens (tertiary/aromatic N) is 4. The van der Waals surface area contributed by atoms with Gasteiger partial charge in [-0.05, 0) is 31.4 Å². The summed E-state index contributed by atoms with van der Waals surface area (Å²) in [5, 5.41) is 9.98. The quantitative estimate of drug-likeness (QED) is 0.762. The van der Waals surface area contributed by atoms with E-state index in [1.165, 1.54) is 0 Å². The zero-order valence-corrected chi connectivity index (χ0v) is 13.9. The van der Waals surface area contributed by atoms with Gasteiger partial charge < -0.3 is 10.1 Å². The molecule has 3 aromatic heterocycles. The summed E-state index contributed by atoms with van der Waals surface area (Å²) in [5.41, 5.74) is 0.788. The summed E-state index contributed by atoms with van der Waals surface area (Å²) in [6, 6.07) is 5.41. The Bertz CT molecular complexity index is 886. The highest BCUT2D eigenvalue weighted by Gasteiger charge is 2.30. The molecule has 3 heterocycles. The number of aryl methyl sites for hydroxylation is 1. The summed E-state index contributed by atoms with van der Waals surface area (Å²) in [4.78, 5) is 16.6. The number of hydrogen-bond donors (Lipinski definition) is 2. The van der Waals surface area contributed by atoms with Gasteiger partial charge >= 0.3 is 6.03 Å². The second-order valence-electron chi connectivity index (χ2n) is 6.21. The number of carbonyl (C=O) groups excluding carboxylic acids is 1. The molecule has 4 rings (SSSR count). The molecule has 25 heavy (non-hydrogen) atoms. The molecule has 0 radical (unpaired) electrons. The molecule has 0 spiro atoms. The normalized spacial score (nSPS) is 19.9. The van der Waals surface area contributed by atoms with E-state index in [9.17, 15) is 4.79 Å². The number of rotatable bonds is 4. The van der Waals surface area contributed by atoms with Crippen LogP contribution < -0.4 is 15.4 Å². The molecular weight excluding hydrogens is 320 g/mol. The standard InChI is InChI=1S/C17H20N6O2/c1-22-11-12(9-19-22)25-14-6-4-5-13(14)20-17(24)21-16-10-18-15-7-2-3-8-23(15)16/h2-3,7-11,13-14H,4-6H2,1H3,(H2,20,21,24)/t13-,14+/m0/s1. The van der Waals surface area contributed by atoms with Crippen molar-refractivity contribution in [3.63, 3.8) is 0 Å². The van der Waals surface area contributed by atoms with Crippen LogP contribution in [0.4, 0.5) is 10.6 Å². The first-order valence-corrected chi connectivity index (χ1v) is 8.34. The molecule has 3 aromatic rings. The Morgan fingerprint density at radius 3 is 3.08 bits per heavy atom. The molecule has 1 fully saturated rings. The SMILES string of the molecule is Cn1cc(O[C@@H]2CCC[C@@H]2NC(=O)Nc2cnc3ccccn23)cn1. The van der Waals surface area contributed by atoms with Gasteiger partial charge in [0.1, 0.15) is 17.6 Å². The molecule has 2 atom stereocenters. The van der Waals surface area contributed by atoms with Gasteiger partial charge in [0, 0.05) is 13.2 Å². The molecule has 0 bridgehead atoms. The minimum absolute atomic E-state index is 0.0283. The fourth-order valence-electron chi connectivity index (χ4n) is 3.21. The van der Waals surface area contributed by atoms with Crippen molar-refractivity contribution >= 4 is 17.5 Å². The Morgan fingerprint density at radius 1 is 1.32 bits per heavy atom. The third kappa shape index (κ3) is 3.28. The first-order valence-electron chi connectivity index (χ1n) is 8.34. The Hall–Kier alpha value is -3.03. The lowest BCUT2D eigenvalue weighted by molar-refractivity contribution is 0.175. The van der Waals surface area contributed by atoms with Crippen molar-refractivity contribution < 1.29 is 9.53 Å². The topological polar surface area (TPSA) is 85.5 Å².